The first-order chi connectivity index (χ1) is 9.44. The molecule has 1 aromatic rings. The van der Waals surface area contributed by atoms with Crippen molar-refractivity contribution >= 4 is 0 Å². The lowest BCUT2D eigenvalue weighted by atomic mass is 9.94. The minimum atomic E-state index is 0.149. The van der Waals surface area contributed by atoms with Crippen LogP contribution in [0, 0.1) is 0 Å². The number of hydrogen-bond donors (Lipinski definition) is 1. The van der Waals surface area contributed by atoms with E-state index in [1.54, 1.807) is 0 Å². The van der Waals surface area contributed by atoms with Gasteiger partial charge in [-0.25, -0.2) is 0 Å². The molecule has 0 bridgehead atoms. The second-order valence-corrected chi connectivity index (χ2v) is 7.23. The lowest BCUT2D eigenvalue weighted by molar-refractivity contribution is 0.173. The van der Waals surface area contributed by atoms with E-state index in [0.717, 1.165) is 24.9 Å². The Kier molecular flexibility index (Phi) is 5.28. The van der Waals surface area contributed by atoms with Gasteiger partial charge in [0.2, 0.25) is 0 Å². The molecule has 2 rings (SSSR count). The Morgan fingerprint density at radius 3 is 2.60 bits per heavy atom. The van der Waals surface area contributed by atoms with Crippen molar-refractivity contribution < 1.29 is 4.42 Å². The standard InChI is InChI=1S/C17H30N2O/c1-17(2,3)18-11-14-10-16(20-13-14)12-19(4)15-8-6-5-7-9-15/h10,13,15,18H,5-9,11-12H2,1-4H3. The second kappa shape index (κ2) is 6.77. The zero-order valence-electron chi connectivity index (χ0n) is 13.5. The van der Waals surface area contributed by atoms with Crippen LogP contribution in [0.4, 0.5) is 0 Å². The van der Waals surface area contributed by atoms with E-state index in [-0.39, 0.29) is 5.54 Å². The van der Waals surface area contributed by atoms with Crippen LogP contribution in [0.3, 0.4) is 0 Å². The topological polar surface area (TPSA) is 28.4 Å². The first-order valence-corrected chi connectivity index (χ1v) is 7.95. The summed E-state index contributed by atoms with van der Waals surface area (Å²) in [4.78, 5) is 2.46. The Hall–Kier alpha value is -0.800. The molecule has 1 fully saturated rings. The maximum Gasteiger partial charge on any atom is 0.118 e. The summed E-state index contributed by atoms with van der Waals surface area (Å²) in [7, 11) is 2.23. The van der Waals surface area contributed by atoms with Crippen molar-refractivity contribution in [3.63, 3.8) is 0 Å². The molecule has 1 saturated carbocycles. The highest BCUT2D eigenvalue weighted by Crippen LogP contribution is 2.23. The average Bonchev–Trinajstić information content (AvgIpc) is 2.84. The first kappa shape index (κ1) is 15.6. The van der Waals surface area contributed by atoms with Gasteiger partial charge in [0.15, 0.2) is 0 Å². The van der Waals surface area contributed by atoms with Gasteiger partial charge < -0.3 is 9.73 Å². The molecule has 0 amide bonds. The second-order valence-electron chi connectivity index (χ2n) is 7.23. The molecule has 0 atom stereocenters. The van der Waals surface area contributed by atoms with Gasteiger partial charge in [0.25, 0.3) is 0 Å². The van der Waals surface area contributed by atoms with Gasteiger partial charge in [0, 0.05) is 23.7 Å². The Bertz CT molecular complexity index is 399. The van der Waals surface area contributed by atoms with Gasteiger partial charge in [-0.2, -0.15) is 0 Å². The van der Waals surface area contributed by atoms with Crippen LogP contribution in [0.5, 0.6) is 0 Å². The predicted octanol–water partition coefficient (Wildman–Crippen LogP) is 3.93. The smallest absolute Gasteiger partial charge is 0.118 e. The molecule has 3 nitrogen and oxygen atoms in total. The van der Waals surface area contributed by atoms with Gasteiger partial charge in [0.05, 0.1) is 12.8 Å². The molecule has 1 aliphatic rings. The van der Waals surface area contributed by atoms with Crippen LogP contribution in [0.2, 0.25) is 0 Å². The van der Waals surface area contributed by atoms with E-state index < -0.39 is 0 Å². The molecule has 0 spiro atoms. The van der Waals surface area contributed by atoms with Gasteiger partial charge in [-0.3, -0.25) is 4.90 Å². The van der Waals surface area contributed by atoms with E-state index >= 15 is 0 Å². The van der Waals surface area contributed by atoms with Gasteiger partial charge >= 0.3 is 0 Å². The van der Waals surface area contributed by atoms with Crippen molar-refractivity contribution in [2.75, 3.05) is 7.05 Å². The summed E-state index contributed by atoms with van der Waals surface area (Å²) in [6.07, 6.45) is 8.75. The highest BCUT2D eigenvalue weighted by Gasteiger charge is 2.19. The van der Waals surface area contributed by atoms with Crippen LogP contribution >= 0.6 is 0 Å². The van der Waals surface area contributed by atoms with Crippen LogP contribution < -0.4 is 5.32 Å². The first-order valence-electron chi connectivity index (χ1n) is 7.95. The van der Waals surface area contributed by atoms with E-state index in [4.69, 9.17) is 4.42 Å². The predicted molar refractivity (Wildman–Crippen MR) is 83.6 cm³/mol. The number of nitrogens with zero attached hydrogens (tertiary/aromatic N) is 1. The summed E-state index contributed by atoms with van der Waals surface area (Å²) >= 11 is 0. The molecule has 114 valence electrons. The average molecular weight is 278 g/mol. The summed E-state index contributed by atoms with van der Waals surface area (Å²) in [5.41, 5.74) is 1.39. The highest BCUT2D eigenvalue weighted by atomic mass is 16.3. The molecule has 1 N–H and O–H groups in total. The molecule has 0 unspecified atom stereocenters. The molecule has 0 aromatic carbocycles. The van der Waals surface area contributed by atoms with Crippen LogP contribution in [0.15, 0.2) is 16.7 Å². The fourth-order valence-electron chi connectivity index (χ4n) is 2.87. The van der Waals surface area contributed by atoms with Gasteiger partial charge in [-0.05, 0) is 46.7 Å². The molecular formula is C17H30N2O. The molecule has 0 radical (unpaired) electrons. The molecule has 1 heterocycles. The maximum atomic E-state index is 5.71. The van der Waals surface area contributed by atoms with Crippen LogP contribution in [0.1, 0.15) is 64.2 Å². The summed E-state index contributed by atoms with van der Waals surface area (Å²) < 4.78 is 5.71. The third-order valence-corrected chi connectivity index (χ3v) is 4.13. The van der Waals surface area contributed by atoms with Crippen molar-refractivity contribution in [2.45, 2.75) is 77.5 Å². The Morgan fingerprint density at radius 2 is 1.95 bits per heavy atom. The van der Waals surface area contributed by atoms with E-state index in [1.807, 2.05) is 6.26 Å². The molecule has 0 aliphatic heterocycles. The van der Waals surface area contributed by atoms with E-state index in [1.165, 1.54) is 37.7 Å². The quantitative estimate of drug-likeness (QED) is 0.884. The zero-order valence-corrected chi connectivity index (χ0v) is 13.5. The largest absolute Gasteiger partial charge is 0.468 e. The van der Waals surface area contributed by atoms with Crippen molar-refractivity contribution in [3.05, 3.63) is 23.7 Å². The lowest BCUT2D eigenvalue weighted by Crippen LogP contribution is -2.34. The van der Waals surface area contributed by atoms with E-state index in [0.29, 0.717) is 0 Å². The minimum absolute atomic E-state index is 0.149. The Labute approximate surface area is 123 Å². The number of furan rings is 1. The third kappa shape index (κ3) is 4.95. The van der Waals surface area contributed by atoms with Crippen molar-refractivity contribution in [2.24, 2.45) is 0 Å². The monoisotopic (exact) mass is 278 g/mol. The fourth-order valence-corrected chi connectivity index (χ4v) is 2.87. The van der Waals surface area contributed by atoms with Crippen molar-refractivity contribution in [1.82, 2.24) is 10.2 Å². The van der Waals surface area contributed by atoms with Gasteiger partial charge in [0.1, 0.15) is 5.76 Å². The molecule has 3 heteroatoms. The molecule has 20 heavy (non-hydrogen) atoms. The summed E-state index contributed by atoms with van der Waals surface area (Å²) in [6, 6.07) is 2.93. The van der Waals surface area contributed by atoms with Gasteiger partial charge in [-0.1, -0.05) is 19.3 Å². The maximum absolute atomic E-state index is 5.71. The third-order valence-electron chi connectivity index (χ3n) is 4.13. The molecule has 1 aliphatic carbocycles. The fraction of sp³-hybridized carbons (Fsp3) is 0.765. The molecule has 0 saturated heterocycles. The number of nitrogens with one attached hydrogen (secondary N) is 1. The summed E-state index contributed by atoms with van der Waals surface area (Å²) in [5, 5.41) is 3.49. The lowest BCUT2D eigenvalue weighted by Gasteiger charge is -2.30. The normalized spacial score (nSPS) is 17.9. The number of rotatable bonds is 5. The van der Waals surface area contributed by atoms with Crippen molar-refractivity contribution in [1.29, 1.82) is 0 Å². The molecular weight excluding hydrogens is 248 g/mol. The Morgan fingerprint density at radius 1 is 1.25 bits per heavy atom. The van der Waals surface area contributed by atoms with Crippen LogP contribution in [0.25, 0.3) is 0 Å². The minimum Gasteiger partial charge on any atom is -0.468 e. The zero-order chi connectivity index (χ0) is 14.6. The van der Waals surface area contributed by atoms with E-state index in [9.17, 15) is 0 Å². The van der Waals surface area contributed by atoms with Crippen LogP contribution in [-0.2, 0) is 13.1 Å². The van der Waals surface area contributed by atoms with Crippen LogP contribution in [-0.4, -0.2) is 23.5 Å². The SMILES string of the molecule is CN(Cc1cc(CNC(C)(C)C)co1)C1CCCCC1. The van der Waals surface area contributed by atoms with E-state index in [2.05, 4.69) is 44.1 Å². The molecule has 1 aromatic heterocycles. The number of hydrogen-bond acceptors (Lipinski definition) is 3. The van der Waals surface area contributed by atoms with Crippen molar-refractivity contribution in [3.8, 4) is 0 Å². The highest BCUT2D eigenvalue weighted by molar-refractivity contribution is 5.13. The summed E-state index contributed by atoms with van der Waals surface area (Å²) in [6.45, 7) is 8.36. The summed E-state index contributed by atoms with van der Waals surface area (Å²) in [5.74, 6) is 1.09. The Balaban J connectivity index is 1.82. The van der Waals surface area contributed by atoms with Gasteiger partial charge in [-0.15, -0.1) is 0 Å².